The Morgan fingerprint density at radius 1 is 1.04 bits per heavy atom. The van der Waals surface area contributed by atoms with Gasteiger partial charge < -0.3 is 10.6 Å². The molecule has 120 valence electrons. The summed E-state index contributed by atoms with van der Waals surface area (Å²) in [7, 11) is 0. The van der Waals surface area contributed by atoms with E-state index in [4.69, 9.17) is 11.6 Å². The molecule has 1 atom stereocenters. The summed E-state index contributed by atoms with van der Waals surface area (Å²) < 4.78 is 0. The summed E-state index contributed by atoms with van der Waals surface area (Å²) >= 11 is 5.79. The Labute approximate surface area is 140 Å². The van der Waals surface area contributed by atoms with E-state index in [1.54, 1.807) is 31.2 Å². The number of nitrogens with one attached hydrogen (secondary N) is 2. The monoisotopic (exact) mass is 330 g/mol. The highest BCUT2D eigenvalue weighted by Gasteiger charge is 2.16. The largest absolute Gasteiger partial charge is 0.350 e. The smallest absolute Gasteiger partial charge is 0.251 e. The quantitative estimate of drug-likeness (QED) is 0.885. The van der Waals surface area contributed by atoms with Crippen molar-refractivity contribution in [3.63, 3.8) is 0 Å². The predicted molar refractivity (Wildman–Crippen MR) is 91.4 cm³/mol. The van der Waals surface area contributed by atoms with Crippen molar-refractivity contribution in [1.82, 2.24) is 10.6 Å². The van der Waals surface area contributed by atoms with E-state index < -0.39 is 6.04 Å². The van der Waals surface area contributed by atoms with E-state index in [-0.39, 0.29) is 11.8 Å². The SMILES string of the molecule is Cc1ccc(CNC(=O)C(C)NC(=O)c2ccc(Cl)cc2)cc1. The van der Waals surface area contributed by atoms with E-state index in [2.05, 4.69) is 10.6 Å². The van der Waals surface area contributed by atoms with Gasteiger partial charge in [-0.05, 0) is 43.7 Å². The fourth-order valence-electron chi connectivity index (χ4n) is 1.99. The van der Waals surface area contributed by atoms with E-state index in [1.807, 2.05) is 31.2 Å². The van der Waals surface area contributed by atoms with Crippen molar-refractivity contribution in [2.24, 2.45) is 0 Å². The molecular weight excluding hydrogens is 312 g/mol. The molecule has 4 nitrogen and oxygen atoms in total. The average Bonchev–Trinajstić information content (AvgIpc) is 2.54. The lowest BCUT2D eigenvalue weighted by Crippen LogP contribution is -2.44. The molecule has 0 radical (unpaired) electrons. The number of hydrogen-bond acceptors (Lipinski definition) is 2. The molecule has 0 saturated carbocycles. The van der Waals surface area contributed by atoms with Crippen LogP contribution in [0.3, 0.4) is 0 Å². The Balaban J connectivity index is 1.85. The van der Waals surface area contributed by atoms with Crippen LogP contribution in [0.4, 0.5) is 0 Å². The molecule has 5 heteroatoms. The number of halogens is 1. The Morgan fingerprint density at radius 2 is 1.65 bits per heavy atom. The van der Waals surface area contributed by atoms with Gasteiger partial charge in [0.2, 0.25) is 5.91 Å². The molecule has 23 heavy (non-hydrogen) atoms. The van der Waals surface area contributed by atoms with Crippen molar-refractivity contribution < 1.29 is 9.59 Å². The van der Waals surface area contributed by atoms with Crippen molar-refractivity contribution in [2.45, 2.75) is 26.4 Å². The first-order chi connectivity index (χ1) is 11.0. The van der Waals surface area contributed by atoms with E-state index >= 15 is 0 Å². The zero-order valence-corrected chi connectivity index (χ0v) is 13.9. The van der Waals surface area contributed by atoms with Crippen molar-refractivity contribution in [3.8, 4) is 0 Å². The number of amides is 2. The Hall–Kier alpha value is -2.33. The van der Waals surface area contributed by atoms with E-state index in [1.165, 1.54) is 5.56 Å². The van der Waals surface area contributed by atoms with Gasteiger partial charge in [0.05, 0.1) is 0 Å². The zero-order valence-electron chi connectivity index (χ0n) is 13.1. The Kier molecular flexibility index (Phi) is 5.77. The normalized spacial score (nSPS) is 11.6. The molecule has 0 heterocycles. The van der Waals surface area contributed by atoms with Crippen molar-refractivity contribution >= 4 is 23.4 Å². The molecule has 0 aliphatic carbocycles. The highest BCUT2D eigenvalue weighted by Crippen LogP contribution is 2.09. The van der Waals surface area contributed by atoms with E-state index in [9.17, 15) is 9.59 Å². The second-order valence-corrected chi connectivity index (χ2v) is 5.84. The summed E-state index contributed by atoms with van der Waals surface area (Å²) in [5.74, 6) is -0.535. The first-order valence-electron chi connectivity index (χ1n) is 7.35. The van der Waals surface area contributed by atoms with Crippen molar-refractivity contribution in [3.05, 3.63) is 70.2 Å². The highest BCUT2D eigenvalue weighted by atomic mass is 35.5. The van der Waals surface area contributed by atoms with E-state index in [0.717, 1.165) is 5.56 Å². The fourth-order valence-corrected chi connectivity index (χ4v) is 2.12. The molecule has 1 unspecified atom stereocenters. The fraction of sp³-hybridized carbons (Fsp3) is 0.222. The number of rotatable bonds is 5. The van der Waals surface area contributed by atoms with Gasteiger partial charge in [0, 0.05) is 17.1 Å². The van der Waals surface area contributed by atoms with Crippen LogP contribution < -0.4 is 10.6 Å². The molecule has 0 saturated heterocycles. The van der Waals surface area contributed by atoms with Crippen LogP contribution in [-0.4, -0.2) is 17.9 Å². The van der Waals surface area contributed by atoms with Crippen molar-refractivity contribution in [2.75, 3.05) is 0 Å². The average molecular weight is 331 g/mol. The van der Waals surface area contributed by atoms with Gasteiger partial charge in [-0.2, -0.15) is 0 Å². The summed E-state index contributed by atoms with van der Waals surface area (Å²) in [4.78, 5) is 24.1. The number of carbonyl (C=O) groups is 2. The zero-order chi connectivity index (χ0) is 16.8. The maximum atomic E-state index is 12.1. The topological polar surface area (TPSA) is 58.2 Å². The van der Waals surface area contributed by atoms with Gasteiger partial charge in [-0.3, -0.25) is 9.59 Å². The minimum atomic E-state index is -0.622. The predicted octanol–water partition coefficient (Wildman–Crippen LogP) is 3.08. The first kappa shape index (κ1) is 17.0. The third kappa shape index (κ3) is 5.11. The van der Waals surface area contributed by atoms with Gasteiger partial charge in [-0.1, -0.05) is 41.4 Å². The molecule has 2 N–H and O–H groups in total. The van der Waals surface area contributed by atoms with Crippen LogP contribution in [0.5, 0.6) is 0 Å². The summed E-state index contributed by atoms with van der Waals surface area (Å²) in [5, 5.41) is 6.04. The highest BCUT2D eigenvalue weighted by molar-refractivity contribution is 6.30. The maximum absolute atomic E-state index is 12.1. The second-order valence-electron chi connectivity index (χ2n) is 5.41. The molecule has 2 rings (SSSR count). The third-order valence-electron chi connectivity index (χ3n) is 3.43. The molecule has 0 aliphatic heterocycles. The minimum absolute atomic E-state index is 0.229. The molecule has 2 aromatic carbocycles. The van der Waals surface area contributed by atoms with Crippen LogP contribution in [0.25, 0.3) is 0 Å². The lowest BCUT2D eigenvalue weighted by atomic mass is 10.1. The molecule has 0 aromatic heterocycles. The van der Waals surface area contributed by atoms with Crippen LogP contribution in [0.15, 0.2) is 48.5 Å². The van der Waals surface area contributed by atoms with Crippen LogP contribution in [0.1, 0.15) is 28.4 Å². The van der Waals surface area contributed by atoms with Crippen molar-refractivity contribution in [1.29, 1.82) is 0 Å². The summed E-state index contributed by atoms with van der Waals surface area (Å²) in [5.41, 5.74) is 2.65. The Morgan fingerprint density at radius 3 is 2.26 bits per heavy atom. The number of carbonyl (C=O) groups excluding carboxylic acids is 2. The van der Waals surface area contributed by atoms with E-state index in [0.29, 0.717) is 17.1 Å². The summed E-state index contributed by atoms with van der Waals surface area (Å²) in [6.45, 7) is 4.09. The van der Waals surface area contributed by atoms with Gasteiger partial charge in [-0.25, -0.2) is 0 Å². The molecule has 2 amide bonds. The van der Waals surface area contributed by atoms with Crippen LogP contribution in [-0.2, 0) is 11.3 Å². The lowest BCUT2D eigenvalue weighted by Gasteiger charge is -2.14. The number of benzene rings is 2. The summed E-state index contributed by atoms with van der Waals surface area (Å²) in [6.07, 6.45) is 0. The Bertz CT molecular complexity index is 681. The minimum Gasteiger partial charge on any atom is -0.350 e. The van der Waals surface area contributed by atoms with Gasteiger partial charge >= 0.3 is 0 Å². The number of hydrogen-bond donors (Lipinski definition) is 2. The molecule has 0 fully saturated rings. The maximum Gasteiger partial charge on any atom is 0.251 e. The van der Waals surface area contributed by atoms with Gasteiger partial charge in [0.15, 0.2) is 0 Å². The third-order valence-corrected chi connectivity index (χ3v) is 3.69. The number of aryl methyl sites for hydroxylation is 1. The lowest BCUT2D eigenvalue weighted by molar-refractivity contribution is -0.122. The summed E-state index contributed by atoms with van der Waals surface area (Å²) in [6, 6.07) is 13.8. The van der Waals surface area contributed by atoms with Gasteiger partial charge in [0.25, 0.3) is 5.91 Å². The molecule has 0 bridgehead atoms. The standard InChI is InChI=1S/C18H19ClN2O2/c1-12-3-5-14(6-4-12)11-20-17(22)13(2)21-18(23)15-7-9-16(19)10-8-15/h3-10,13H,11H2,1-2H3,(H,20,22)(H,21,23). The van der Waals surface area contributed by atoms with Crippen LogP contribution in [0, 0.1) is 6.92 Å². The molecule has 0 aliphatic rings. The van der Waals surface area contributed by atoms with Gasteiger partial charge in [-0.15, -0.1) is 0 Å². The second kappa shape index (κ2) is 7.79. The van der Waals surface area contributed by atoms with Crippen LogP contribution >= 0.6 is 11.6 Å². The molecule has 2 aromatic rings. The first-order valence-corrected chi connectivity index (χ1v) is 7.73. The molecular formula is C18H19ClN2O2. The molecule has 0 spiro atoms. The van der Waals surface area contributed by atoms with Gasteiger partial charge in [0.1, 0.15) is 6.04 Å². The van der Waals surface area contributed by atoms with Crippen LogP contribution in [0.2, 0.25) is 5.02 Å².